The fourth-order valence-corrected chi connectivity index (χ4v) is 3.56. The predicted octanol–water partition coefficient (Wildman–Crippen LogP) is 4.68. The number of nitrogens with one attached hydrogen (secondary N) is 2. The molecule has 0 saturated heterocycles. The zero-order valence-electron chi connectivity index (χ0n) is 17.6. The third kappa shape index (κ3) is 5.24. The number of aromatic nitrogens is 1. The van der Waals surface area contributed by atoms with Gasteiger partial charge in [-0.05, 0) is 54.7 Å². The van der Waals surface area contributed by atoms with E-state index >= 15 is 0 Å². The van der Waals surface area contributed by atoms with E-state index in [1.807, 2.05) is 37.3 Å². The monoisotopic (exact) mass is 407 g/mol. The lowest BCUT2D eigenvalue weighted by Gasteiger charge is -2.26. The van der Waals surface area contributed by atoms with Crippen LogP contribution in [0.2, 0.25) is 0 Å². The summed E-state index contributed by atoms with van der Waals surface area (Å²) in [6.45, 7) is 10.3. The van der Waals surface area contributed by atoms with E-state index in [9.17, 15) is 4.79 Å². The van der Waals surface area contributed by atoms with Crippen LogP contribution < -0.4 is 10.9 Å². The summed E-state index contributed by atoms with van der Waals surface area (Å²) in [4.78, 5) is 18.0. The largest absolute Gasteiger partial charge is 0.362 e. The maximum Gasteiger partial charge on any atom is 0.253 e. The van der Waals surface area contributed by atoms with E-state index in [1.54, 1.807) is 0 Å². The van der Waals surface area contributed by atoms with Crippen molar-refractivity contribution in [3.63, 3.8) is 0 Å². The van der Waals surface area contributed by atoms with Crippen LogP contribution in [0, 0.1) is 19.8 Å². The van der Waals surface area contributed by atoms with Crippen LogP contribution in [0.5, 0.6) is 0 Å². The van der Waals surface area contributed by atoms with Crippen LogP contribution in [-0.4, -0.2) is 21.5 Å². The second-order valence-electron chi connectivity index (χ2n) is 8.03. The third-order valence-electron chi connectivity index (χ3n) is 5.05. The molecular formula is C24H29N3OS. The Balaban J connectivity index is 1.94. The van der Waals surface area contributed by atoms with Crippen molar-refractivity contribution in [1.82, 2.24) is 15.2 Å². The lowest BCUT2D eigenvalue weighted by atomic mass is 10.0. The highest BCUT2D eigenvalue weighted by molar-refractivity contribution is 7.80. The zero-order chi connectivity index (χ0) is 21.0. The summed E-state index contributed by atoms with van der Waals surface area (Å²) in [7, 11) is 0. The fourth-order valence-electron chi connectivity index (χ4n) is 3.35. The van der Waals surface area contributed by atoms with Crippen LogP contribution in [0.3, 0.4) is 0 Å². The molecule has 3 rings (SSSR count). The first kappa shape index (κ1) is 21.1. The van der Waals surface area contributed by atoms with Crippen molar-refractivity contribution < 1.29 is 0 Å². The van der Waals surface area contributed by atoms with Crippen molar-refractivity contribution >= 4 is 28.2 Å². The summed E-state index contributed by atoms with van der Waals surface area (Å²) in [5.41, 5.74) is 4.95. The van der Waals surface area contributed by atoms with Crippen molar-refractivity contribution in [3.05, 3.63) is 81.1 Å². The first-order valence-electron chi connectivity index (χ1n) is 10.0. The quantitative estimate of drug-likeness (QED) is 0.583. The van der Waals surface area contributed by atoms with E-state index in [-0.39, 0.29) is 5.56 Å². The number of nitrogens with zero attached hydrogens (tertiary/aromatic N) is 1. The zero-order valence-corrected chi connectivity index (χ0v) is 18.4. The Morgan fingerprint density at radius 1 is 1.07 bits per heavy atom. The van der Waals surface area contributed by atoms with Crippen LogP contribution in [0.25, 0.3) is 10.9 Å². The lowest BCUT2D eigenvalue weighted by Crippen LogP contribution is -2.41. The summed E-state index contributed by atoms with van der Waals surface area (Å²) < 4.78 is 0. The van der Waals surface area contributed by atoms with Gasteiger partial charge in [-0.1, -0.05) is 56.3 Å². The number of aromatic amines is 1. The van der Waals surface area contributed by atoms with Crippen LogP contribution in [-0.2, 0) is 13.1 Å². The van der Waals surface area contributed by atoms with Gasteiger partial charge in [-0.25, -0.2) is 0 Å². The molecule has 152 valence electrons. The van der Waals surface area contributed by atoms with E-state index in [1.165, 1.54) is 0 Å². The molecule has 0 radical (unpaired) electrons. The minimum Gasteiger partial charge on any atom is -0.362 e. The number of fused-ring (bicyclic) bond motifs is 1. The Morgan fingerprint density at radius 3 is 2.45 bits per heavy atom. The molecule has 29 heavy (non-hydrogen) atoms. The molecule has 2 N–H and O–H groups in total. The summed E-state index contributed by atoms with van der Waals surface area (Å²) >= 11 is 5.68. The van der Waals surface area contributed by atoms with Crippen molar-refractivity contribution in [1.29, 1.82) is 0 Å². The highest BCUT2D eigenvalue weighted by atomic mass is 32.1. The number of thiocarbonyl (C=S) groups is 1. The topological polar surface area (TPSA) is 48.1 Å². The first-order chi connectivity index (χ1) is 13.8. The van der Waals surface area contributed by atoms with E-state index in [0.29, 0.717) is 24.1 Å². The predicted molar refractivity (Wildman–Crippen MR) is 125 cm³/mol. The number of rotatable bonds is 6. The Hall–Kier alpha value is -2.66. The third-order valence-corrected chi connectivity index (χ3v) is 5.45. The number of hydrogen-bond donors (Lipinski definition) is 2. The number of aryl methyl sites for hydroxylation is 2. The van der Waals surface area contributed by atoms with Gasteiger partial charge in [0.05, 0.1) is 12.1 Å². The molecule has 0 saturated carbocycles. The SMILES string of the molecule is Cc1ccc(C)c2[nH]c(=O)c(CN(Cc3ccccc3)C(=S)NCC(C)C)cc12. The number of pyridine rings is 1. The molecule has 1 heterocycles. The molecule has 0 atom stereocenters. The molecule has 0 fully saturated rings. The summed E-state index contributed by atoms with van der Waals surface area (Å²) in [5, 5.41) is 5.10. The molecule has 5 heteroatoms. The number of H-pyrrole nitrogens is 1. The van der Waals surface area contributed by atoms with Gasteiger partial charge < -0.3 is 15.2 Å². The molecule has 0 aliphatic heterocycles. The Bertz CT molecular complexity index is 1060. The summed E-state index contributed by atoms with van der Waals surface area (Å²) in [6.07, 6.45) is 0. The van der Waals surface area contributed by atoms with Gasteiger partial charge in [-0.15, -0.1) is 0 Å². The average molecular weight is 408 g/mol. The molecular weight excluding hydrogens is 378 g/mol. The van der Waals surface area contributed by atoms with Crippen molar-refractivity contribution in [3.8, 4) is 0 Å². The van der Waals surface area contributed by atoms with E-state index in [0.717, 1.165) is 39.7 Å². The van der Waals surface area contributed by atoms with Gasteiger partial charge in [0.1, 0.15) is 0 Å². The van der Waals surface area contributed by atoms with Gasteiger partial charge in [-0.3, -0.25) is 4.79 Å². The van der Waals surface area contributed by atoms with Gasteiger partial charge in [0.15, 0.2) is 5.11 Å². The van der Waals surface area contributed by atoms with Crippen molar-refractivity contribution in [2.45, 2.75) is 40.8 Å². The molecule has 0 amide bonds. The Labute approximate surface area is 178 Å². The van der Waals surface area contributed by atoms with Crippen LogP contribution >= 0.6 is 12.2 Å². The van der Waals surface area contributed by atoms with E-state index in [2.05, 4.69) is 54.2 Å². The molecule has 2 aromatic carbocycles. The highest BCUT2D eigenvalue weighted by Crippen LogP contribution is 2.20. The van der Waals surface area contributed by atoms with Crippen LogP contribution in [0.1, 0.15) is 36.1 Å². The summed E-state index contributed by atoms with van der Waals surface area (Å²) in [6, 6.07) is 16.4. The maximum atomic E-state index is 12.8. The molecule has 0 aliphatic rings. The van der Waals surface area contributed by atoms with Gasteiger partial charge in [0, 0.05) is 24.0 Å². The molecule has 1 aromatic heterocycles. The standard InChI is InChI=1S/C24H29N3OS/c1-16(2)13-25-24(29)27(14-19-8-6-5-7-9-19)15-20-12-21-17(3)10-11-18(4)22(21)26-23(20)28/h5-12,16H,13-15H2,1-4H3,(H,25,29)(H,26,28). The molecule has 3 aromatic rings. The maximum absolute atomic E-state index is 12.8. The second-order valence-corrected chi connectivity index (χ2v) is 8.42. The van der Waals surface area contributed by atoms with Crippen molar-refractivity contribution in [2.75, 3.05) is 6.54 Å². The number of hydrogen-bond acceptors (Lipinski definition) is 2. The van der Waals surface area contributed by atoms with Gasteiger partial charge in [-0.2, -0.15) is 0 Å². The smallest absolute Gasteiger partial charge is 0.253 e. The van der Waals surface area contributed by atoms with Gasteiger partial charge >= 0.3 is 0 Å². The first-order valence-corrected chi connectivity index (χ1v) is 10.4. The molecule has 0 unspecified atom stereocenters. The van der Waals surface area contributed by atoms with Gasteiger partial charge in [0.2, 0.25) is 0 Å². The molecule has 0 bridgehead atoms. The van der Waals surface area contributed by atoms with Crippen LogP contribution in [0.4, 0.5) is 0 Å². The molecule has 0 spiro atoms. The average Bonchev–Trinajstić information content (AvgIpc) is 2.70. The van der Waals surface area contributed by atoms with Crippen LogP contribution in [0.15, 0.2) is 53.3 Å². The second kappa shape index (κ2) is 9.23. The van der Waals surface area contributed by atoms with Gasteiger partial charge in [0.25, 0.3) is 5.56 Å². The van der Waals surface area contributed by atoms with E-state index in [4.69, 9.17) is 12.2 Å². The Kier molecular flexibility index (Phi) is 6.70. The fraction of sp³-hybridized carbons (Fsp3) is 0.333. The highest BCUT2D eigenvalue weighted by Gasteiger charge is 2.15. The molecule has 4 nitrogen and oxygen atoms in total. The normalized spacial score (nSPS) is 11.1. The minimum absolute atomic E-state index is 0.0593. The van der Waals surface area contributed by atoms with E-state index < -0.39 is 0 Å². The Morgan fingerprint density at radius 2 is 1.76 bits per heavy atom. The lowest BCUT2D eigenvalue weighted by molar-refractivity contribution is 0.394. The minimum atomic E-state index is -0.0593. The van der Waals surface area contributed by atoms with Crippen molar-refractivity contribution in [2.24, 2.45) is 5.92 Å². The summed E-state index contributed by atoms with van der Waals surface area (Å²) in [5.74, 6) is 0.487. The number of benzene rings is 2. The molecule has 0 aliphatic carbocycles.